The van der Waals surface area contributed by atoms with E-state index in [1.165, 1.54) is 22.3 Å². The van der Waals surface area contributed by atoms with E-state index in [-0.39, 0.29) is 0 Å². The molecule has 1 aliphatic heterocycles. The van der Waals surface area contributed by atoms with Crippen molar-refractivity contribution in [3.8, 4) is 0 Å². The number of hydrogen-bond acceptors (Lipinski definition) is 1. The summed E-state index contributed by atoms with van der Waals surface area (Å²) in [5, 5.41) is 2.10. The van der Waals surface area contributed by atoms with Gasteiger partial charge in [-0.25, -0.2) is 0 Å². The van der Waals surface area contributed by atoms with E-state index in [0.717, 1.165) is 13.2 Å². The Balaban J connectivity index is 2.14. The molecule has 0 radical (unpaired) electrons. The van der Waals surface area contributed by atoms with E-state index in [0.29, 0.717) is 16.1 Å². The fourth-order valence-electron chi connectivity index (χ4n) is 2.39. The Morgan fingerprint density at radius 2 is 1.89 bits per heavy atom. The molecule has 2 unspecified atom stereocenters. The molecular weight excluding hydrogens is 256 g/mol. The first kappa shape index (κ1) is 14.2. The Morgan fingerprint density at radius 1 is 1.22 bits per heavy atom. The molecule has 0 saturated carbocycles. The maximum atomic E-state index is 5.73. The molecule has 0 N–H and O–H groups in total. The molecule has 3 heteroatoms. The Morgan fingerprint density at radius 3 is 2.50 bits per heavy atom. The molecule has 2 atom stereocenters. The first-order valence-corrected chi connectivity index (χ1v) is 12.1. The molecule has 1 aromatic carbocycles. The van der Waals surface area contributed by atoms with Crippen molar-refractivity contribution in [1.29, 1.82) is 0 Å². The zero-order chi connectivity index (χ0) is 13.2. The maximum Gasteiger partial charge on any atom is 0.166 e. The molecule has 100 valence electrons. The van der Waals surface area contributed by atoms with Gasteiger partial charge in [-0.15, -0.1) is 0 Å². The van der Waals surface area contributed by atoms with Gasteiger partial charge < -0.3 is 4.74 Å². The molecule has 1 aliphatic rings. The van der Waals surface area contributed by atoms with Crippen LogP contribution in [0.3, 0.4) is 0 Å². The van der Waals surface area contributed by atoms with Crippen LogP contribution >= 0.6 is 0 Å². The van der Waals surface area contributed by atoms with E-state index in [1.54, 1.807) is 0 Å². The van der Waals surface area contributed by atoms with Gasteiger partial charge in [-0.2, -0.15) is 0 Å². The van der Waals surface area contributed by atoms with Crippen LogP contribution in [0.1, 0.15) is 16.4 Å². The third-order valence-electron chi connectivity index (χ3n) is 3.23. The quantitative estimate of drug-likeness (QED) is 0.608. The smallest absolute Gasteiger partial charge is 0.166 e. The summed E-state index contributed by atoms with van der Waals surface area (Å²) in [5.74, 6) is 1.27. The SMILES string of the molecule is Cc1ccc(C2COCC[S+]2C[Si](C)(C)C)cc1. The first-order valence-electron chi connectivity index (χ1n) is 6.76. The molecule has 1 saturated heterocycles. The minimum absolute atomic E-state index is 0.527. The Kier molecular flexibility index (Phi) is 4.57. The van der Waals surface area contributed by atoms with Gasteiger partial charge in [0, 0.05) is 5.56 Å². The lowest BCUT2D eigenvalue weighted by molar-refractivity contribution is 0.142. The first-order chi connectivity index (χ1) is 8.46. The fraction of sp³-hybridized carbons (Fsp3) is 0.600. The van der Waals surface area contributed by atoms with Crippen molar-refractivity contribution in [3.63, 3.8) is 0 Å². The van der Waals surface area contributed by atoms with Crippen molar-refractivity contribution in [3.05, 3.63) is 35.4 Å². The normalized spacial score (nSPS) is 25.1. The second-order valence-electron chi connectivity index (χ2n) is 6.42. The average molecular weight is 282 g/mol. The van der Waals surface area contributed by atoms with Crippen molar-refractivity contribution in [2.75, 3.05) is 24.3 Å². The number of hydrogen-bond donors (Lipinski definition) is 0. The molecule has 0 aliphatic carbocycles. The van der Waals surface area contributed by atoms with Gasteiger partial charge in [-0.3, -0.25) is 0 Å². The zero-order valence-electron chi connectivity index (χ0n) is 12.0. The van der Waals surface area contributed by atoms with Crippen LogP contribution in [0.4, 0.5) is 0 Å². The number of aryl methyl sites for hydroxylation is 1. The van der Waals surface area contributed by atoms with Crippen molar-refractivity contribution in [2.24, 2.45) is 0 Å². The Bertz CT molecular complexity index is 382. The standard InChI is InChI=1S/C15H25OSSi/c1-13-5-7-14(8-6-13)15-11-16-9-10-17(15)12-18(2,3)4/h5-8,15H,9-12H2,1-4H3/q+1. The van der Waals surface area contributed by atoms with Crippen molar-refractivity contribution in [1.82, 2.24) is 0 Å². The lowest BCUT2D eigenvalue weighted by Gasteiger charge is -2.28. The largest absolute Gasteiger partial charge is 0.371 e. The van der Waals surface area contributed by atoms with Crippen LogP contribution in [0.25, 0.3) is 0 Å². The number of rotatable bonds is 3. The highest BCUT2D eigenvalue weighted by Gasteiger charge is 2.39. The van der Waals surface area contributed by atoms with E-state index >= 15 is 0 Å². The highest BCUT2D eigenvalue weighted by atomic mass is 32.2. The van der Waals surface area contributed by atoms with Crippen molar-refractivity contribution >= 4 is 19.0 Å². The van der Waals surface area contributed by atoms with Crippen LogP contribution < -0.4 is 0 Å². The van der Waals surface area contributed by atoms with Gasteiger partial charge in [0.2, 0.25) is 0 Å². The lowest BCUT2D eigenvalue weighted by Crippen LogP contribution is -2.41. The van der Waals surface area contributed by atoms with E-state index in [2.05, 4.69) is 50.8 Å². The van der Waals surface area contributed by atoms with Crippen molar-refractivity contribution in [2.45, 2.75) is 31.8 Å². The summed E-state index contributed by atoms with van der Waals surface area (Å²) in [7, 11) is -0.446. The van der Waals surface area contributed by atoms with Crippen LogP contribution in [0.5, 0.6) is 0 Å². The highest BCUT2D eigenvalue weighted by molar-refractivity contribution is 7.98. The van der Waals surface area contributed by atoms with E-state index in [4.69, 9.17) is 4.74 Å². The van der Waals surface area contributed by atoms with Crippen LogP contribution in [0, 0.1) is 6.92 Å². The van der Waals surface area contributed by atoms with Crippen LogP contribution in [-0.2, 0) is 15.6 Å². The monoisotopic (exact) mass is 281 g/mol. The Labute approximate surface area is 115 Å². The second-order valence-corrected chi connectivity index (χ2v) is 14.7. The van der Waals surface area contributed by atoms with Crippen LogP contribution in [-0.4, -0.2) is 32.4 Å². The molecule has 18 heavy (non-hydrogen) atoms. The summed E-state index contributed by atoms with van der Waals surface area (Å²) < 4.78 is 5.73. The summed E-state index contributed by atoms with van der Waals surface area (Å²) >= 11 is 0. The minimum atomic E-state index is -0.973. The number of benzene rings is 1. The lowest BCUT2D eigenvalue weighted by atomic mass is 10.1. The van der Waals surface area contributed by atoms with Crippen molar-refractivity contribution < 1.29 is 4.74 Å². The molecule has 1 fully saturated rings. The zero-order valence-corrected chi connectivity index (χ0v) is 13.8. The summed E-state index contributed by atoms with van der Waals surface area (Å²) in [6, 6.07) is 9.08. The van der Waals surface area contributed by atoms with Gasteiger partial charge in [0.1, 0.15) is 13.8 Å². The van der Waals surface area contributed by atoms with E-state index in [1.807, 2.05) is 0 Å². The minimum Gasteiger partial charge on any atom is -0.371 e. The summed E-state index contributed by atoms with van der Waals surface area (Å²) in [6.45, 7) is 11.5. The van der Waals surface area contributed by atoms with Crippen LogP contribution in [0.15, 0.2) is 24.3 Å². The summed E-state index contributed by atoms with van der Waals surface area (Å²) in [4.78, 5) is 0. The summed E-state index contributed by atoms with van der Waals surface area (Å²) in [6.07, 6.45) is 0. The number of ether oxygens (including phenoxy) is 1. The van der Waals surface area contributed by atoms with Crippen LogP contribution in [0.2, 0.25) is 19.6 Å². The van der Waals surface area contributed by atoms with E-state index < -0.39 is 8.07 Å². The Hall–Kier alpha value is -0.253. The molecule has 0 spiro atoms. The predicted molar refractivity (Wildman–Crippen MR) is 85.2 cm³/mol. The molecule has 0 bridgehead atoms. The third-order valence-corrected chi connectivity index (χ3v) is 10.1. The van der Waals surface area contributed by atoms with Gasteiger partial charge in [-0.05, 0) is 17.8 Å². The van der Waals surface area contributed by atoms with Gasteiger partial charge in [-0.1, -0.05) is 49.5 Å². The predicted octanol–water partition coefficient (Wildman–Crippen LogP) is 3.56. The topological polar surface area (TPSA) is 9.23 Å². The molecule has 0 aromatic heterocycles. The van der Waals surface area contributed by atoms with Gasteiger partial charge >= 0.3 is 0 Å². The molecular formula is C15H25OSSi+. The molecule has 1 nitrogen and oxygen atoms in total. The maximum absolute atomic E-state index is 5.73. The summed E-state index contributed by atoms with van der Waals surface area (Å²) in [5.41, 5.74) is 2.84. The molecule has 1 heterocycles. The third kappa shape index (κ3) is 3.87. The molecule has 2 rings (SSSR count). The van der Waals surface area contributed by atoms with E-state index in [9.17, 15) is 0 Å². The fourth-order valence-corrected chi connectivity index (χ4v) is 9.67. The molecule has 0 amide bonds. The highest BCUT2D eigenvalue weighted by Crippen LogP contribution is 2.30. The second kappa shape index (κ2) is 5.80. The van der Waals surface area contributed by atoms with Gasteiger partial charge in [0.05, 0.1) is 18.6 Å². The van der Waals surface area contributed by atoms with Gasteiger partial charge in [0.25, 0.3) is 0 Å². The van der Waals surface area contributed by atoms with Gasteiger partial charge in [0.15, 0.2) is 5.25 Å². The molecule has 1 aromatic rings. The average Bonchev–Trinajstić information content (AvgIpc) is 2.29.